The van der Waals surface area contributed by atoms with Crippen LogP contribution in [-0.4, -0.2) is 34.1 Å². The molecule has 0 saturated carbocycles. The molecule has 0 amide bonds. The molecule has 2 unspecified atom stereocenters. The average molecular weight is 344 g/mol. The summed E-state index contributed by atoms with van der Waals surface area (Å²) in [4.78, 5) is 0. The van der Waals surface area contributed by atoms with E-state index < -0.39 is 37.5 Å². The molecule has 21 heavy (non-hydrogen) atoms. The first-order valence-electron chi connectivity index (χ1n) is 7.15. The van der Waals surface area contributed by atoms with E-state index in [2.05, 4.69) is 0 Å². The fourth-order valence-electron chi connectivity index (χ4n) is 2.14. The van der Waals surface area contributed by atoms with Crippen molar-refractivity contribution in [2.75, 3.05) is 5.08 Å². The van der Waals surface area contributed by atoms with Crippen molar-refractivity contribution in [3.05, 3.63) is 0 Å². The van der Waals surface area contributed by atoms with Crippen molar-refractivity contribution in [1.82, 2.24) is 0 Å². The monoisotopic (exact) mass is 344 g/mol. The summed E-state index contributed by atoms with van der Waals surface area (Å²) in [6.07, 6.45) is -0.0510. The van der Waals surface area contributed by atoms with Crippen LogP contribution < -0.4 is 0 Å². The summed E-state index contributed by atoms with van der Waals surface area (Å²) in [5, 5.41) is -1.15. The lowest BCUT2D eigenvalue weighted by Gasteiger charge is -2.17. The Bertz CT molecular complexity index is 447. The van der Waals surface area contributed by atoms with Gasteiger partial charge in [0.05, 0.1) is 12.2 Å². The first-order valence-corrected chi connectivity index (χ1v) is 10.3. The molecule has 0 bridgehead atoms. The van der Waals surface area contributed by atoms with Crippen LogP contribution >= 0.6 is 0 Å². The van der Waals surface area contributed by atoms with E-state index in [0.29, 0.717) is 12.8 Å². The van der Waals surface area contributed by atoms with Crippen LogP contribution in [0, 0.1) is 11.8 Å². The minimum atomic E-state index is -4.17. The lowest BCUT2D eigenvalue weighted by atomic mass is 10.1. The number of rotatable bonds is 10. The van der Waals surface area contributed by atoms with Gasteiger partial charge in [0.15, 0.2) is 0 Å². The summed E-state index contributed by atoms with van der Waals surface area (Å²) in [7, 11) is -8.34. The quantitative estimate of drug-likeness (QED) is 0.566. The Morgan fingerprint density at radius 3 is 1.19 bits per heavy atom. The molecule has 0 radical (unpaired) electrons. The second kappa shape index (κ2) is 8.45. The van der Waals surface area contributed by atoms with Gasteiger partial charge in [0.25, 0.3) is 20.2 Å². The molecule has 0 aromatic heterocycles. The highest BCUT2D eigenvalue weighted by molar-refractivity contribution is 8.03. The Morgan fingerprint density at radius 1 is 0.667 bits per heavy atom. The summed E-state index contributed by atoms with van der Waals surface area (Å²) >= 11 is 0. The Morgan fingerprint density at radius 2 is 0.952 bits per heavy atom. The van der Waals surface area contributed by atoms with Gasteiger partial charge < -0.3 is 0 Å². The van der Waals surface area contributed by atoms with Gasteiger partial charge >= 0.3 is 0 Å². The normalized spacial score (nSPS) is 16.4. The summed E-state index contributed by atoms with van der Waals surface area (Å²) in [5.41, 5.74) is 0. The maximum atomic E-state index is 11.8. The standard InChI is InChI=1S/C13H28O6S2/c1-10(2)7-12(5)18-20(14,15)9-21(16,17)19-13(6)8-11(3)4/h10-13H,7-9H2,1-6H3. The van der Waals surface area contributed by atoms with Gasteiger partial charge in [-0.2, -0.15) is 16.8 Å². The second-order valence-electron chi connectivity index (χ2n) is 6.31. The van der Waals surface area contributed by atoms with E-state index in [1.165, 1.54) is 0 Å². The summed E-state index contributed by atoms with van der Waals surface area (Å²) < 4.78 is 56.8. The molecule has 0 aromatic carbocycles. The molecule has 0 N–H and O–H groups in total. The number of hydrogen-bond donors (Lipinski definition) is 0. The third-order valence-electron chi connectivity index (χ3n) is 2.52. The van der Waals surface area contributed by atoms with Gasteiger partial charge in [-0.1, -0.05) is 27.7 Å². The molecular weight excluding hydrogens is 316 g/mol. The van der Waals surface area contributed by atoms with E-state index in [9.17, 15) is 16.8 Å². The Balaban J connectivity index is 4.62. The van der Waals surface area contributed by atoms with Gasteiger partial charge in [0, 0.05) is 0 Å². The van der Waals surface area contributed by atoms with Crippen LogP contribution in [0.4, 0.5) is 0 Å². The first-order chi connectivity index (χ1) is 9.33. The average Bonchev–Trinajstić information content (AvgIpc) is 2.07. The van der Waals surface area contributed by atoms with Gasteiger partial charge in [-0.3, -0.25) is 8.37 Å². The van der Waals surface area contributed by atoms with Crippen LogP contribution in [0.25, 0.3) is 0 Å². The molecule has 6 nitrogen and oxygen atoms in total. The molecule has 0 rings (SSSR count). The van der Waals surface area contributed by atoms with Crippen molar-refractivity contribution in [2.45, 2.75) is 66.6 Å². The van der Waals surface area contributed by atoms with Gasteiger partial charge in [-0.15, -0.1) is 0 Å². The van der Waals surface area contributed by atoms with E-state index >= 15 is 0 Å². The van der Waals surface area contributed by atoms with Crippen LogP contribution in [0.5, 0.6) is 0 Å². The lowest BCUT2D eigenvalue weighted by molar-refractivity contribution is 0.195. The van der Waals surface area contributed by atoms with Crippen LogP contribution in [0.2, 0.25) is 0 Å². The minimum Gasteiger partial charge on any atom is -0.266 e. The lowest BCUT2D eigenvalue weighted by Crippen LogP contribution is -2.27. The smallest absolute Gasteiger partial charge is 0.266 e. The molecule has 8 heteroatoms. The fraction of sp³-hybridized carbons (Fsp3) is 1.00. The predicted molar refractivity (Wildman–Crippen MR) is 82.7 cm³/mol. The largest absolute Gasteiger partial charge is 0.284 e. The molecule has 0 aliphatic rings. The molecular formula is C13H28O6S2. The predicted octanol–water partition coefficient (Wildman–Crippen LogP) is 2.51. The maximum Gasteiger partial charge on any atom is 0.284 e. The molecule has 2 atom stereocenters. The van der Waals surface area contributed by atoms with Gasteiger partial charge in [-0.05, 0) is 38.5 Å². The highest BCUT2D eigenvalue weighted by Gasteiger charge is 2.28. The second-order valence-corrected chi connectivity index (χ2v) is 9.86. The molecule has 128 valence electrons. The summed E-state index contributed by atoms with van der Waals surface area (Å²) in [6, 6.07) is 0. The third kappa shape index (κ3) is 11.1. The minimum absolute atomic E-state index is 0.258. The van der Waals surface area contributed by atoms with Gasteiger partial charge in [-0.25, -0.2) is 0 Å². The molecule has 0 fully saturated rings. The number of hydrogen-bond acceptors (Lipinski definition) is 6. The molecule has 0 aliphatic carbocycles. The van der Waals surface area contributed by atoms with E-state index in [1.807, 2.05) is 27.7 Å². The van der Waals surface area contributed by atoms with Crippen molar-refractivity contribution in [3.8, 4) is 0 Å². The Hall–Kier alpha value is -0.180. The summed E-state index contributed by atoms with van der Waals surface area (Å²) in [6.45, 7) is 10.9. The van der Waals surface area contributed by atoms with Crippen LogP contribution in [-0.2, 0) is 28.6 Å². The Labute approximate surface area is 129 Å². The molecule has 0 heterocycles. The molecule has 0 spiro atoms. The maximum absolute atomic E-state index is 11.8. The molecule has 0 aromatic rings. The zero-order valence-electron chi connectivity index (χ0n) is 13.7. The molecule has 0 aliphatic heterocycles. The van der Waals surface area contributed by atoms with Crippen LogP contribution in [0.3, 0.4) is 0 Å². The van der Waals surface area contributed by atoms with Crippen molar-refractivity contribution >= 4 is 20.2 Å². The van der Waals surface area contributed by atoms with E-state index in [1.54, 1.807) is 13.8 Å². The van der Waals surface area contributed by atoms with Crippen molar-refractivity contribution in [1.29, 1.82) is 0 Å². The summed E-state index contributed by atoms with van der Waals surface area (Å²) in [5.74, 6) is 0.517. The highest BCUT2D eigenvalue weighted by atomic mass is 32.3. The van der Waals surface area contributed by atoms with Gasteiger partial charge in [0.2, 0.25) is 5.08 Å². The highest BCUT2D eigenvalue weighted by Crippen LogP contribution is 2.15. The van der Waals surface area contributed by atoms with Crippen molar-refractivity contribution < 1.29 is 25.2 Å². The zero-order valence-corrected chi connectivity index (χ0v) is 15.3. The van der Waals surface area contributed by atoms with E-state index in [-0.39, 0.29) is 11.8 Å². The SMILES string of the molecule is CC(C)CC(C)OS(=O)(=O)CS(=O)(=O)OC(C)CC(C)C. The zero-order chi connectivity index (χ0) is 16.8. The topological polar surface area (TPSA) is 86.7 Å². The van der Waals surface area contributed by atoms with Crippen LogP contribution in [0.1, 0.15) is 54.4 Å². The van der Waals surface area contributed by atoms with Crippen LogP contribution in [0.15, 0.2) is 0 Å². The Kier molecular flexibility index (Phi) is 8.38. The third-order valence-corrected chi connectivity index (χ3v) is 6.07. The fourth-order valence-corrected chi connectivity index (χ4v) is 5.16. The first kappa shape index (κ1) is 20.8. The molecule has 0 saturated heterocycles. The van der Waals surface area contributed by atoms with E-state index in [4.69, 9.17) is 8.37 Å². The van der Waals surface area contributed by atoms with Crippen molar-refractivity contribution in [3.63, 3.8) is 0 Å². The van der Waals surface area contributed by atoms with Crippen molar-refractivity contribution in [2.24, 2.45) is 11.8 Å². The van der Waals surface area contributed by atoms with Gasteiger partial charge in [0.1, 0.15) is 0 Å². The van der Waals surface area contributed by atoms with E-state index in [0.717, 1.165) is 0 Å².